The van der Waals surface area contributed by atoms with E-state index in [9.17, 15) is 0 Å². The first kappa shape index (κ1) is 8.04. The van der Waals surface area contributed by atoms with Crippen LogP contribution in [0.25, 0.3) is 5.65 Å². The van der Waals surface area contributed by atoms with Gasteiger partial charge in [0.15, 0.2) is 5.65 Å². The van der Waals surface area contributed by atoms with E-state index in [1.54, 1.807) is 10.7 Å². The molecule has 0 aliphatic carbocycles. The Kier molecular flexibility index (Phi) is 1.88. The molecular weight excluding hydrogens is 164 g/mol. The van der Waals surface area contributed by atoms with E-state index in [4.69, 9.17) is 5.73 Å². The van der Waals surface area contributed by atoms with Crippen LogP contribution < -0.4 is 5.73 Å². The van der Waals surface area contributed by atoms with Crippen molar-refractivity contribution in [2.45, 2.75) is 19.8 Å². The molecule has 2 N–H and O–H groups in total. The number of nitrogens with two attached hydrogens (primary N) is 1. The molecule has 0 saturated heterocycles. The molecule has 0 atom stereocenters. The van der Waals surface area contributed by atoms with Gasteiger partial charge in [-0.05, 0) is 12.5 Å². The van der Waals surface area contributed by atoms with Crippen LogP contribution in [0.4, 0.5) is 5.69 Å². The van der Waals surface area contributed by atoms with E-state index >= 15 is 0 Å². The first-order valence-corrected chi connectivity index (χ1v) is 4.40. The van der Waals surface area contributed by atoms with Gasteiger partial charge in [0.25, 0.3) is 0 Å². The molecule has 0 aliphatic heterocycles. The number of aromatic nitrogens is 3. The molecule has 2 rings (SSSR count). The summed E-state index contributed by atoms with van der Waals surface area (Å²) in [6.45, 7) is 2.11. The Morgan fingerprint density at radius 1 is 1.54 bits per heavy atom. The minimum atomic E-state index is 0.711. The van der Waals surface area contributed by atoms with Crippen LogP contribution in [0.3, 0.4) is 0 Å². The lowest BCUT2D eigenvalue weighted by Crippen LogP contribution is -1.91. The second-order valence-electron chi connectivity index (χ2n) is 3.00. The maximum atomic E-state index is 5.88. The molecular formula is C9H12N4. The Hall–Kier alpha value is -1.58. The average Bonchev–Trinajstić information content (AvgIpc) is 2.46. The third kappa shape index (κ3) is 1.24. The van der Waals surface area contributed by atoms with Gasteiger partial charge in [-0.2, -0.15) is 5.10 Å². The van der Waals surface area contributed by atoms with Gasteiger partial charge in [0.1, 0.15) is 5.69 Å². The molecule has 0 saturated carbocycles. The summed E-state index contributed by atoms with van der Waals surface area (Å²) >= 11 is 0. The van der Waals surface area contributed by atoms with Crippen molar-refractivity contribution < 1.29 is 0 Å². The standard InChI is InChI=1S/C9H12N4/c1-2-4-7-8(10)9-11-5-3-6-13(9)12-7/h3,5-6H,2,4,10H2,1H3. The Morgan fingerprint density at radius 3 is 3.08 bits per heavy atom. The van der Waals surface area contributed by atoms with Gasteiger partial charge in [-0.25, -0.2) is 9.50 Å². The molecule has 4 heteroatoms. The van der Waals surface area contributed by atoms with Crippen LogP contribution >= 0.6 is 0 Å². The van der Waals surface area contributed by atoms with Crippen molar-refractivity contribution in [1.82, 2.24) is 14.6 Å². The first-order chi connectivity index (χ1) is 6.33. The van der Waals surface area contributed by atoms with Gasteiger partial charge >= 0.3 is 0 Å². The molecule has 0 unspecified atom stereocenters. The van der Waals surface area contributed by atoms with Crippen LogP contribution in [0.2, 0.25) is 0 Å². The molecule has 2 heterocycles. The maximum Gasteiger partial charge on any atom is 0.178 e. The van der Waals surface area contributed by atoms with Gasteiger partial charge in [0, 0.05) is 12.4 Å². The predicted molar refractivity (Wildman–Crippen MR) is 51.4 cm³/mol. The largest absolute Gasteiger partial charge is 0.394 e. The van der Waals surface area contributed by atoms with Crippen molar-refractivity contribution in [3.8, 4) is 0 Å². The maximum absolute atomic E-state index is 5.88. The molecule has 0 radical (unpaired) electrons. The molecule has 2 aromatic heterocycles. The highest BCUT2D eigenvalue weighted by molar-refractivity contribution is 5.67. The van der Waals surface area contributed by atoms with Crippen LogP contribution in [0.5, 0.6) is 0 Å². The van der Waals surface area contributed by atoms with Gasteiger partial charge < -0.3 is 5.73 Å². The summed E-state index contributed by atoms with van der Waals surface area (Å²) < 4.78 is 1.72. The summed E-state index contributed by atoms with van der Waals surface area (Å²) in [4.78, 5) is 4.16. The molecule has 68 valence electrons. The fourth-order valence-corrected chi connectivity index (χ4v) is 1.37. The Morgan fingerprint density at radius 2 is 2.38 bits per heavy atom. The topological polar surface area (TPSA) is 56.2 Å². The van der Waals surface area contributed by atoms with Gasteiger partial charge in [-0.3, -0.25) is 0 Å². The number of nitrogen functional groups attached to an aromatic ring is 1. The zero-order valence-corrected chi connectivity index (χ0v) is 7.57. The fraction of sp³-hybridized carbons (Fsp3) is 0.333. The SMILES string of the molecule is CCCc1nn2cccnc2c1N. The summed E-state index contributed by atoms with van der Waals surface area (Å²) in [5.41, 5.74) is 8.29. The monoisotopic (exact) mass is 176 g/mol. The smallest absolute Gasteiger partial charge is 0.178 e. The highest BCUT2D eigenvalue weighted by Crippen LogP contribution is 2.16. The number of fused-ring (bicyclic) bond motifs is 1. The second-order valence-corrected chi connectivity index (χ2v) is 3.00. The van der Waals surface area contributed by atoms with Crippen LogP contribution in [0.15, 0.2) is 18.5 Å². The second kappa shape index (κ2) is 3.05. The molecule has 0 aromatic carbocycles. The minimum absolute atomic E-state index is 0.711. The van der Waals surface area contributed by atoms with Gasteiger partial charge in [-0.15, -0.1) is 0 Å². The predicted octanol–water partition coefficient (Wildman–Crippen LogP) is 1.26. The third-order valence-corrected chi connectivity index (χ3v) is 1.99. The van der Waals surface area contributed by atoms with Crippen LogP contribution in [-0.4, -0.2) is 14.6 Å². The Bertz CT molecular complexity index is 418. The van der Waals surface area contributed by atoms with Crippen molar-refractivity contribution in [2.75, 3.05) is 5.73 Å². The molecule has 4 nitrogen and oxygen atoms in total. The molecule has 2 aromatic rings. The molecule has 0 fully saturated rings. The number of aryl methyl sites for hydroxylation is 1. The van der Waals surface area contributed by atoms with E-state index in [0.717, 1.165) is 24.2 Å². The zero-order valence-electron chi connectivity index (χ0n) is 7.57. The van der Waals surface area contributed by atoms with Crippen LogP contribution in [0.1, 0.15) is 19.0 Å². The molecule has 0 aliphatic rings. The molecule has 0 amide bonds. The van der Waals surface area contributed by atoms with Crippen molar-refractivity contribution in [1.29, 1.82) is 0 Å². The van der Waals surface area contributed by atoms with Crippen molar-refractivity contribution in [3.63, 3.8) is 0 Å². The van der Waals surface area contributed by atoms with Gasteiger partial charge in [-0.1, -0.05) is 13.3 Å². The Labute approximate surface area is 76.4 Å². The fourth-order valence-electron chi connectivity index (χ4n) is 1.37. The summed E-state index contributed by atoms with van der Waals surface area (Å²) in [6, 6.07) is 1.84. The van der Waals surface area contributed by atoms with E-state index in [1.165, 1.54) is 0 Å². The number of hydrogen-bond acceptors (Lipinski definition) is 3. The van der Waals surface area contributed by atoms with E-state index in [0.29, 0.717) is 5.69 Å². The number of rotatable bonds is 2. The normalized spacial score (nSPS) is 10.8. The average molecular weight is 176 g/mol. The van der Waals surface area contributed by atoms with Crippen molar-refractivity contribution in [2.24, 2.45) is 0 Å². The van der Waals surface area contributed by atoms with E-state index in [2.05, 4.69) is 17.0 Å². The quantitative estimate of drug-likeness (QED) is 0.749. The zero-order chi connectivity index (χ0) is 9.26. The lowest BCUT2D eigenvalue weighted by atomic mass is 10.2. The van der Waals surface area contributed by atoms with Crippen LogP contribution in [0, 0.1) is 0 Å². The lowest BCUT2D eigenvalue weighted by Gasteiger charge is -1.91. The van der Waals surface area contributed by atoms with E-state index in [1.807, 2.05) is 12.3 Å². The third-order valence-electron chi connectivity index (χ3n) is 1.99. The van der Waals surface area contributed by atoms with Crippen molar-refractivity contribution in [3.05, 3.63) is 24.2 Å². The van der Waals surface area contributed by atoms with Crippen LogP contribution in [-0.2, 0) is 6.42 Å². The summed E-state index contributed by atoms with van der Waals surface area (Å²) in [6.07, 6.45) is 5.55. The first-order valence-electron chi connectivity index (χ1n) is 4.40. The number of anilines is 1. The minimum Gasteiger partial charge on any atom is -0.394 e. The lowest BCUT2D eigenvalue weighted by molar-refractivity contribution is 0.834. The Balaban J connectivity index is 2.60. The van der Waals surface area contributed by atoms with Crippen molar-refractivity contribution >= 4 is 11.3 Å². The summed E-state index contributed by atoms with van der Waals surface area (Å²) in [7, 11) is 0. The summed E-state index contributed by atoms with van der Waals surface area (Å²) in [5, 5.41) is 4.33. The highest BCUT2D eigenvalue weighted by atomic mass is 15.3. The number of hydrogen-bond donors (Lipinski definition) is 1. The van der Waals surface area contributed by atoms with E-state index in [-0.39, 0.29) is 0 Å². The highest BCUT2D eigenvalue weighted by Gasteiger charge is 2.08. The summed E-state index contributed by atoms with van der Waals surface area (Å²) in [5.74, 6) is 0. The van der Waals surface area contributed by atoms with Gasteiger partial charge in [0.05, 0.1) is 5.69 Å². The van der Waals surface area contributed by atoms with E-state index < -0.39 is 0 Å². The molecule has 0 bridgehead atoms. The molecule has 13 heavy (non-hydrogen) atoms. The molecule has 0 spiro atoms. The number of nitrogens with zero attached hydrogens (tertiary/aromatic N) is 3. The van der Waals surface area contributed by atoms with Gasteiger partial charge in [0.2, 0.25) is 0 Å².